The lowest BCUT2D eigenvalue weighted by molar-refractivity contribution is -0.167. The van der Waals surface area contributed by atoms with Gasteiger partial charge in [-0.1, -0.05) is 305 Å². The van der Waals surface area contributed by atoms with E-state index in [4.69, 9.17) is 14.2 Å². The number of hydrogen-bond donors (Lipinski definition) is 0. The van der Waals surface area contributed by atoms with Crippen LogP contribution < -0.4 is 0 Å². The number of hydrogen-bond acceptors (Lipinski definition) is 6. The molecule has 1 atom stereocenters. The summed E-state index contributed by atoms with van der Waals surface area (Å²) in [6, 6.07) is 0. The van der Waals surface area contributed by atoms with Crippen LogP contribution >= 0.6 is 0 Å². The van der Waals surface area contributed by atoms with Gasteiger partial charge >= 0.3 is 17.9 Å². The van der Waals surface area contributed by atoms with Gasteiger partial charge in [-0.15, -0.1) is 0 Å². The van der Waals surface area contributed by atoms with Gasteiger partial charge in [-0.2, -0.15) is 0 Å². The quantitative estimate of drug-likeness (QED) is 0.0261. The van der Waals surface area contributed by atoms with E-state index in [1.54, 1.807) is 0 Å². The molecule has 0 N–H and O–H groups in total. The SMILES string of the molecule is CCCCCC/C=C\C/C=C\CCCCCCCCCC(=O)OCC(COC(=O)CCCCCCCCCC/C=C\C/C=C\C/C=C\CCCCCCC)OC(=O)CCCCCCCCCCCCC/C=C\C/C=C\CCCCCCC. The standard InChI is InChI=1S/C76H134O6/c1-4-7-10-13-16-19-22-25-28-31-34-36-38-40-42-45-48-51-54-57-60-63-66-69-75(78)81-72-73(71-80-74(77)68-65-62-59-56-53-50-47-44-33-30-27-24-21-18-15-12-9-6-3)82-76(79)70-67-64-61-58-55-52-49-46-43-41-39-37-35-32-29-26-23-20-17-14-11-8-5-2/h21-26,30-35,38,40,73H,4-20,27-29,36-37,39,41-72H2,1-3H3/b24-21-,25-22-,26-23-,33-30-,34-31-,35-32-,40-38-. The van der Waals surface area contributed by atoms with E-state index in [1.807, 2.05) is 0 Å². The molecule has 0 aliphatic heterocycles. The van der Waals surface area contributed by atoms with Crippen molar-refractivity contribution >= 4 is 17.9 Å². The molecule has 0 heterocycles. The Balaban J connectivity index is 4.39. The van der Waals surface area contributed by atoms with Gasteiger partial charge in [0.1, 0.15) is 13.2 Å². The number of esters is 3. The normalized spacial score (nSPS) is 12.6. The topological polar surface area (TPSA) is 78.9 Å². The van der Waals surface area contributed by atoms with E-state index in [1.165, 1.54) is 225 Å². The Morgan fingerprint density at radius 3 is 0.695 bits per heavy atom. The van der Waals surface area contributed by atoms with Crippen LogP contribution in [0.25, 0.3) is 0 Å². The largest absolute Gasteiger partial charge is 0.462 e. The Labute approximate surface area is 509 Å². The monoisotopic (exact) mass is 1140 g/mol. The van der Waals surface area contributed by atoms with Crippen LogP contribution in [0.15, 0.2) is 85.1 Å². The van der Waals surface area contributed by atoms with E-state index in [0.717, 1.165) is 96.3 Å². The smallest absolute Gasteiger partial charge is 0.306 e. The Kier molecular flexibility index (Phi) is 67.2. The van der Waals surface area contributed by atoms with Gasteiger partial charge in [0.15, 0.2) is 6.10 Å². The summed E-state index contributed by atoms with van der Waals surface area (Å²) in [5.74, 6) is -0.880. The lowest BCUT2D eigenvalue weighted by atomic mass is 10.0. The lowest BCUT2D eigenvalue weighted by Crippen LogP contribution is -2.30. The molecule has 0 rings (SSSR count). The second kappa shape index (κ2) is 70.1. The highest BCUT2D eigenvalue weighted by Crippen LogP contribution is 2.17. The number of carbonyl (C=O) groups is 3. The van der Waals surface area contributed by atoms with E-state index in [-0.39, 0.29) is 31.1 Å². The summed E-state index contributed by atoms with van der Waals surface area (Å²) in [4.78, 5) is 38.5. The summed E-state index contributed by atoms with van der Waals surface area (Å²) < 4.78 is 17.0. The molecule has 0 aliphatic rings. The van der Waals surface area contributed by atoms with Crippen molar-refractivity contribution in [3.05, 3.63) is 85.1 Å². The molecule has 474 valence electrons. The van der Waals surface area contributed by atoms with Crippen LogP contribution in [0.5, 0.6) is 0 Å². The predicted molar refractivity (Wildman–Crippen MR) is 358 cm³/mol. The highest BCUT2D eigenvalue weighted by molar-refractivity contribution is 5.71. The maximum absolute atomic E-state index is 13.0. The third kappa shape index (κ3) is 67.4. The van der Waals surface area contributed by atoms with E-state index in [9.17, 15) is 14.4 Å². The van der Waals surface area contributed by atoms with Gasteiger partial charge in [0.2, 0.25) is 0 Å². The summed E-state index contributed by atoms with van der Waals surface area (Å²) in [6.07, 6.45) is 93.1. The second-order valence-electron chi connectivity index (χ2n) is 23.8. The molecule has 0 saturated carbocycles. The molecule has 0 fully saturated rings. The minimum atomic E-state index is -0.787. The first-order valence-corrected chi connectivity index (χ1v) is 35.6. The van der Waals surface area contributed by atoms with Crippen molar-refractivity contribution in [1.29, 1.82) is 0 Å². The third-order valence-corrected chi connectivity index (χ3v) is 15.6. The van der Waals surface area contributed by atoms with Gasteiger partial charge < -0.3 is 14.2 Å². The molecule has 6 heteroatoms. The molecule has 0 spiro atoms. The van der Waals surface area contributed by atoms with E-state index in [2.05, 4.69) is 106 Å². The molecule has 0 aromatic heterocycles. The van der Waals surface area contributed by atoms with Crippen molar-refractivity contribution in [2.75, 3.05) is 13.2 Å². The van der Waals surface area contributed by atoms with Crippen LogP contribution in [0.4, 0.5) is 0 Å². The Morgan fingerprint density at radius 1 is 0.244 bits per heavy atom. The van der Waals surface area contributed by atoms with Crippen LogP contribution in [-0.2, 0) is 28.6 Å². The van der Waals surface area contributed by atoms with Gasteiger partial charge in [-0.3, -0.25) is 14.4 Å². The second-order valence-corrected chi connectivity index (χ2v) is 23.8. The molecule has 0 amide bonds. The van der Waals surface area contributed by atoms with E-state index in [0.29, 0.717) is 19.3 Å². The first-order chi connectivity index (χ1) is 40.5. The van der Waals surface area contributed by atoms with Crippen molar-refractivity contribution in [3.63, 3.8) is 0 Å². The van der Waals surface area contributed by atoms with E-state index >= 15 is 0 Å². The summed E-state index contributed by atoms with van der Waals surface area (Å²) in [6.45, 7) is 6.64. The Bertz CT molecular complexity index is 1550. The minimum absolute atomic E-state index is 0.0823. The molecule has 0 bridgehead atoms. The van der Waals surface area contributed by atoms with Crippen LogP contribution in [0, 0.1) is 0 Å². The maximum atomic E-state index is 13.0. The zero-order valence-electron chi connectivity index (χ0n) is 54.5. The first kappa shape index (κ1) is 78.6. The first-order valence-electron chi connectivity index (χ1n) is 35.6. The highest BCUT2D eigenvalue weighted by Gasteiger charge is 2.19. The van der Waals surface area contributed by atoms with Gasteiger partial charge in [-0.25, -0.2) is 0 Å². The van der Waals surface area contributed by atoms with Crippen LogP contribution in [0.3, 0.4) is 0 Å². The summed E-state index contributed by atoms with van der Waals surface area (Å²) in [5.41, 5.74) is 0. The molecule has 0 aliphatic carbocycles. The summed E-state index contributed by atoms with van der Waals surface area (Å²) >= 11 is 0. The van der Waals surface area contributed by atoms with Crippen molar-refractivity contribution < 1.29 is 28.6 Å². The molecule has 6 nitrogen and oxygen atoms in total. The molecule has 1 unspecified atom stereocenters. The molecule has 0 aromatic carbocycles. The number of allylic oxidation sites excluding steroid dienone is 14. The highest BCUT2D eigenvalue weighted by atomic mass is 16.6. The zero-order chi connectivity index (χ0) is 59.2. The minimum Gasteiger partial charge on any atom is -0.462 e. The van der Waals surface area contributed by atoms with Gasteiger partial charge in [-0.05, 0) is 122 Å². The number of ether oxygens (including phenoxy) is 3. The molecule has 0 radical (unpaired) electrons. The van der Waals surface area contributed by atoms with Crippen LogP contribution in [-0.4, -0.2) is 37.2 Å². The molecular weight excluding hydrogens is 1010 g/mol. The van der Waals surface area contributed by atoms with Gasteiger partial charge in [0.25, 0.3) is 0 Å². The van der Waals surface area contributed by atoms with Crippen molar-refractivity contribution in [1.82, 2.24) is 0 Å². The lowest BCUT2D eigenvalue weighted by Gasteiger charge is -2.18. The van der Waals surface area contributed by atoms with Crippen molar-refractivity contribution in [3.8, 4) is 0 Å². The third-order valence-electron chi connectivity index (χ3n) is 15.6. The van der Waals surface area contributed by atoms with Crippen molar-refractivity contribution in [2.45, 2.75) is 367 Å². The average Bonchev–Trinajstić information content (AvgIpc) is 3.47. The summed E-state index contributed by atoms with van der Waals surface area (Å²) in [5, 5.41) is 0. The number of rotatable bonds is 65. The maximum Gasteiger partial charge on any atom is 0.306 e. The average molecular weight is 1140 g/mol. The van der Waals surface area contributed by atoms with Gasteiger partial charge in [0, 0.05) is 19.3 Å². The molecule has 0 aromatic rings. The Hall–Kier alpha value is -3.41. The summed E-state index contributed by atoms with van der Waals surface area (Å²) in [7, 11) is 0. The molecule has 0 saturated heterocycles. The van der Waals surface area contributed by atoms with E-state index < -0.39 is 6.10 Å². The zero-order valence-corrected chi connectivity index (χ0v) is 54.5. The number of unbranched alkanes of at least 4 members (excludes halogenated alkanes) is 40. The predicted octanol–water partition coefficient (Wildman–Crippen LogP) is 24.6. The molecular formula is C76H134O6. The fourth-order valence-corrected chi connectivity index (χ4v) is 10.2. The fourth-order valence-electron chi connectivity index (χ4n) is 10.2. The molecule has 82 heavy (non-hydrogen) atoms. The van der Waals surface area contributed by atoms with Gasteiger partial charge in [0.05, 0.1) is 0 Å². The number of carbonyl (C=O) groups excluding carboxylic acids is 3. The Morgan fingerprint density at radius 2 is 0.439 bits per heavy atom. The van der Waals surface area contributed by atoms with Crippen LogP contribution in [0.2, 0.25) is 0 Å². The fraction of sp³-hybridized carbons (Fsp3) is 0.776. The van der Waals surface area contributed by atoms with Crippen molar-refractivity contribution in [2.24, 2.45) is 0 Å². The van der Waals surface area contributed by atoms with Crippen LogP contribution in [0.1, 0.15) is 361 Å².